The van der Waals surface area contributed by atoms with Gasteiger partial charge >= 0.3 is 0 Å². The first kappa shape index (κ1) is 13.5. The maximum absolute atomic E-state index is 11.7. The van der Waals surface area contributed by atoms with Crippen molar-refractivity contribution in [3.05, 3.63) is 38.9 Å². The number of nitrogens with one attached hydrogen (secondary N) is 3. The average Bonchev–Trinajstić information content (AvgIpc) is 2.84. The molecule has 1 saturated heterocycles. The molecule has 8 nitrogen and oxygen atoms in total. The Morgan fingerprint density at radius 2 is 2.29 bits per heavy atom. The van der Waals surface area contributed by atoms with Gasteiger partial charge in [-0.25, -0.2) is 4.98 Å². The molecule has 110 valence electrons. The molecule has 0 bridgehead atoms. The number of hydrogen-bond donors (Lipinski definition) is 3. The van der Waals surface area contributed by atoms with Gasteiger partial charge in [0, 0.05) is 18.2 Å². The molecule has 0 aliphatic carbocycles. The Bertz CT molecular complexity index is 764. The van der Waals surface area contributed by atoms with Gasteiger partial charge in [-0.15, -0.1) is 0 Å². The Morgan fingerprint density at radius 1 is 1.48 bits per heavy atom. The molecule has 3 N–H and O–H groups in total. The molecule has 1 aromatic carbocycles. The first-order valence-electron chi connectivity index (χ1n) is 6.63. The first-order chi connectivity index (χ1) is 9.98. The van der Waals surface area contributed by atoms with Crippen molar-refractivity contribution in [2.24, 2.45) is 0 Å². The Hall–Kier alpha value is -2.48. The molecule has 2 aromatic rings. The zero-order valence-electron chi connectivity index (χ0n) is 11.5. The van der Waals surface area contributed by atoms with Gasteiger partial charge < -0.3 is 15.6 Å². The van der Waals surface area contributed by atoms with Crippen LogP contribution in [0.25, 0.3) is 10.9 Å². The summed E-state index contributed by atoms with van der Waals surface area (Å²) >= 11 is 0. The molecule has 0 saturated carbocycles. The summed E-state index contributed by atoms with van der Waals surface area (Å²) in [7, 11) is 0. The van der Waals surface area contributed by atoms with E-state index in [0.717, 1.165) is 19.5 Å². The van der Waals surface area contributed by atoms with Crippen molar-refractivity contribution in [1.82, 2.24) is 15.3 Å². The minimum absolute atomic E-state index is 0.117. The van der Waals surface area contributed by atoms with Gasteiger partial charge in [0.1, 0.15) is 5.69 Å². The van der Waals surface area contributed by atoms with Crippen LogP contribution in [0.2, 0.25) is 0 Å². The van der Waals surface area contributed by atoms with Crippen molar-refractivity contribution in [2.75, 3.05) is 18.4 Å². The number of rotatable bonds is 3. The smallest absolute Gasteiger partial charge is 0.293 e. The Kier molecular flexibility index (Phi) is 3.09. The predicted octanol–water partition coefficient (Wildman–Crippen LogP) is 0.995. The minimum atomic E-state index is -0.486. The van der Waals surface area contributed by atoms with Crippen molar-refractivity contribution < 1.29 is 4.92 Å². The van der Waals surface area contributed by atoms with Gasteiger partial charge in [-0.2, -0.15) is 0 Å². The Morgan fingerprint density at radius 3 is 2.95 bits per heavy atom. The fraction of sp³-hybridized carbons (Fsp3) is 0.385. The molecule has 1 aliphatic heterocycles. The van der Waals surface area contributed by atoms with Crippen LogP contribution < -0.4 is 16.2 Å². The van der Waals surface area contributed by atoms with Crippen LogP contribution in [0.3, 0.4) is 0 Å². The second kappa shape index (κ2) is 4.81. The number of nitrogens with zero attached hydrogens (tertiary/aromatic N) is 2. The standard InChI is InChI=1S/C13H15N5O3/c1-13(2-3-14-6-13)17-10-5-9-8(4-11(10)18(20)21)12(19)16-7-15-9/h4-5,7,14,17H,2-3,6H2,1H3,(H,15,16,19). The monoisotopic (exact) mass is 289 g/mol. The number of nitro benzene ring substituents is 1. The highest BCUT2D eigenvalue weighted by Gasteiger charge is 2.30. The number of H-pyrrole nitrogens is 1. The summed E-state index contributed by atoms with van der Waals surface area (Å²) < 4.78 is 0. The first-order valence-corrected chi connectivity index (χ1v) is 6.63. The van der Waals surface area contributed by atoms with Crippen LogP contribution in [-0.2, 0) is 0 Å². The van der Waals surface area contributed by atoms with Gasteiger partial charge in [0.05, 0.1) is 22.2 Å². The number of aromatic amines is 1. The second-order valence-electron chi connectivity index (χ2n) is 5.49. The van der Waals surface area contributed by atoms with Crippen LogP contribution in [0.1, 0.15) is 13.3 Å². The van der Waals surface area contributed by atoms with Crippen molar-refractivity contribution >= 4 is 22.3 Å². The predicted molar refractivity (Wildman–Crippen MR) is 78.5 cm³/mol. The molecular formula is C13H15N5O3. The quantitative estimate of drug-likeness (QED) is 0.574. The largest absolute Gasteiger partial charge is 0.373 e. The van der Waals surface area contributed by atoms with Crippen LogP contribution in [-0.4, -0.2) is 33.5 Å². The number of aromatic nitrogens is 2. The summed E-state index contributed by atoms with van der Waals surface area (Å²) in [5, 5.41) is 17.9. The number of hydrogen-bond acceptors (Lipinski definition) is 6. The fourth-order valence-corrected chi connectivity index (χ4v) is 2.60. The van der Waals surface area contributed by atoms with Crippen LogP contribution in [0.5, 0.6) is 0 Å². The maximum Gasteiger partial charge on any atom is 0.293 e. The number of nitro groups is 1. The van der Waals surface area contributed by atoms with Crippen LogP contribution >= 0.6 is 0 Å². The van der Waals surface area contributed by atoms with Gasteiger partial charge in [0.2, 0.25) is 0 Å². The van der Waals surface area contributed by atoms with Crippen LogP contribution in [0, 0.1) is 10.1 Å². The van der Waals surface area contributed by atoms with Crippen molar-refractivity contribution in [2.45, 2.75) is 18.9 Å². The molecule has 1 fully saturated rings. The molecule has 2 heterocycles. The third-order valence-corrected chi connectivity index (χ3v) is 3.76. The van der Waals surface area contributed by atoms with Crippen molar-refractivity contribution in [1.29, 1.82) is 0 Å². The molecule has 0 spiro atoms. The fourth-order valence-electron chi connectivity index (χ4n) is 2.60. The number of benzene rings is 1. The lowest BCUT2D eigenvalue weighted by molar-refractivity contribution is -0.383. The minimum Gasteiger partial charge on any atom is -0.373 e. The van der Waals surface area contributed by atoms with E-state index in [1.165, 1.54) is 12.4 Å². The zero-order chi connectivity index (χ0) is 15.0. The summed E-state index contributed by atoms with van der Waals surface area (Å²) in [5.74, 6) is 0. The van der Waals surface area contributed by atoms with Gasteiger partial charge in [0.15, 0.2) is 0 Å². The molecular weight excluding hydrogens is 274 g/mol. The molecule has 3 rings (SSSR count). The molecule has 1 atom stereocenters. The lowest BCUT2D eigenvalue weighted by atomic mass is 10.0. The van der Waals surface area contributed by atoms with Gasteiger partial charge in [-0.1, -0.05) is 0 Å². The van der Waals surface area contributed by atoms with Gasteiger partial charge in [-0.05, 0) is 26.0 Å². The van der Waals surface area contributed by atoms with E-state index in [4.69, 9.17) is 0 Å². The molecule has 1 unspecified atom stereocenters. The molecule has 8 heteroatoms. The summed E-state index contributed by atoms with van der Waals surface area (Å²) in [4.78, 5) is 29.0. The van der Waals surface area contributed by atoms with E-state index in [1.54, 1.807) is 6.07 Å². The van der Waals surface area contributed by atoms with Gasteiger partial charge in [-0.3, -0.25) is 14.9 Å². The summed E-state index contributed by atoms with van der Waals surface area (Å²) in [6.45, 7) is 3.60. The topological polar surface area (TPSA) is 113 Å². The van der Waals surface area contributed by atoms with Crippen LogP contribution in [0.4, 0.5) is 11.4 Å². The molecule has 21 heavy (non-hydrogen) atoms. The highest BCUT2D eigenvalue weighted by Crippen LogP contribution is 2.31. The summed E-state index contributed by atoms with van der Waals surface area (Å²) in [6.07, 6.45) is 2.16. The Labute approximate surface area is 119 Å². The van der Waals surface area contributed by atoms with E-state index >= 15 is 0 Å². The summed E-state index contributed by atoms with van der Waals surface area (Å²) in [6, 6.07) is 2.83. The third kappa shape index (κ3) is 2.45. The summed E-state index contributed by atoms with van der Waals surface area (Å²) in [5.41, 5.74) is 0.0651. The highest BCUT2D eigenvalue weighted by molar-refractivity contribution is 5.86. The average molecular weight is 289 g/mol. The molecule has 0 radical (unpaired) electrons. The number of anilines is 1. The SMILES string of the molecule is CC1(Nc2cc3nc[nH]c(=O)c3cc2[N+](=O)[O-])CCNC1. The van der Waals surface area contributed by atoms with Crippen molar-refractivity contribution in [3.63, 3.8) is 0 Å². The van der Waals surface area contributed by atoms with E-state index in [0.29, 0.717) is 11.2 Å². The normalized spacial score (nSPS) is 21.6. The molecule has 1 aliphatic rings. The van der Waals surface area contributed by atoms with E-state index in [2.05, 4.69) is 20.6 Å². The van der Waals surface area contributed by atoms with E-state index < -0.39 is 4.92 Å². The van der Waals surface area contributed by atoms with Crippen LogP contribution in [0.15, 0.2) is 23.3 Å². The van der Waals surface area contributed by atoms with Gasteiger partial charge in [0.25, 0.3) is 11.2 Å². The number of fused-ring (bicyclic) bond motifs is 1. The highest BCUT2D eigenvalue weighted by atomic mass is 16.6. The van der Waals surface area contributed by atoms with E-state index in [-0.39, 0.29) is 22.2 Å². The Balaban J connectivity index is 2.14. The van der Waals surface area contributed by atoms with Crippen molar-refractivity contribution in [3.8, 4) is 0 Å². The van der Waals surface area contributed by atoms with E-state index in [9.17, 15) is 14.9 Å². The second-order valence-corrected chi connectivity index (χ2v) is 5.49. The molecule has 1 aromatic heterocycles. The third-order valence-electron chi connectivity index (χ3n) is 3.76. The lowest BCUT2D eigenvalue weighted by Crippen LogP contribution is -2.37. The van der Waals surface area contributed by atoms with E-state index in [1.807, 2.05) is 6.92 Å². The maximum atomic E-state index is 11.7. The zero-order valence-corrected chi connectivity index (χ0v) is 11.5. The molecule has 0 amide bonds. The lowest BCUT2D eigenvalue weighted by Gasteiger charge is -2.25.